The number of hydrogen-bond donors (Lipinski definition) is 0. The van der Waals surface area contributed by atoms with E-state index in [1.807, 2.05) is 6.07 Å². The van der Waals surface area contributed by atoms with E-state index < -0.39 is 0 Å². The maximum absolute atomic E-state index is 13.4. The summed E-state index contributed by atoms with van der Waals surface area (Å²) in [6.07, 6.45) is 9.54. The Morgan fingerprint density at radius 2 is 1.79 bits per heavy atom. The summed E-state index contributed by atoms with van der Waals surface area (Å²) in [6.45, 7) is 3.96. The van der Waals surface area contributed by atoms with Crippen LogP contribution in [-0.4, -0.2) is 19.5 Å². The number of benzene rings is 1. The smallest absolute Gasteiger partial charge is 0.160 e. The zero-order chi connectivity index (χ0) is 16.8. The summed E-state index contributed by atoms with van der Waals surface area (Å²) < 4.78 is 25.5. The number of rotatable bonds is 6. The van der Waals surface area contributed by atoms with Crippen LogP contribution in [-0.2, 0) is 9.47 Å². The van der Waals surface area contributed by atoms with Crippen LogP contribution in [0.4, 0.5) is 4.39 Å². The Kier molecular flexibility index (Phi) is 6.67. The molecule has 1 aromatic rings. The van der Waals surface area contributed by atoms with E-state index in [1.165, 1.54) is 31.7 Å². The van der Waals surface area contributed by atoms with Gasteiger partial charge in [-0.15, -0.1) is 0 Å². The van der Waals surface area contributed by atoms with Gasteiger partial charge in [0.2, 0.25) is 0 Å². The largest absolute Gasteiger partial charge is 0.352 e. The first-order chi connectivity index (χ1) is 11.8. The first kappa shape index (κ1) is 17.9. The molecule has 0 bridgehead atoms. The lowest BCUT2D eigenvalue weighted by Crippen LogP contribution is -2.38. The summed E-state index contributed by atoms with van der Waals surface area (Å²) in [6, 6.07) is 7.10. The molecule has 0 N–H and O–H groups in total. The Balaban J connectivity index is 1.41. The van der Waals surface area contributed by atoms with Gasteiger partial charge in [-0.3, -0.25) is 0 Å². The van der Waals surface area contributed by atoms with Crippen LogP contribution in [0.5, 0.6) is 0 Å². The van der Waals surface area contributed by atoms with E-state index in [4.69, 9.17) is 9.47 Å². The van der Waals surface area contributed by atoms with Gasteiger partial charge in [0.1, 0.15) is 5.82 Å². The van der Waals surface area contributed by atoms with Crippen molar-refractivity contribution in [2.45, 2.75) is 70.5 Å². The average molecular weight is 334 g/mol. The van der Waals surface area contributed by atoms with Crippen molar-refractivity contribution in [2.75, 3.05) is 13.2 Å². The second-order valence-corrected chi connectivity index (χ2v) is 7.56. The van der Waals surface area contributed by atoms with Gasteiger partial charge in [0.15, 0.2) is 6.29 Å². The van der Waals surface area contributed by atoms with E-state index in [0.717, 1.165) is 44.5 Å². The standard InChI is InChI=1S/C21H31FO2/c1-2-3-4-6-16-14-23-21(24-15-16)18-11-9-17(10-12-18)19-7-5-8-20(22)13-19/h5,7-8,13,16-18,21H,2-4,6,9-12,14-15H2,1H3. The average Bonchev–Trinajstić information content (AvgIpc) is 2.63. The molecule has 0 amide bonds. The van der Waals surface area contributed by atoms with Gasteiger partial charge in [0, 0.05) is 11.8 Å². The quantitative estimate of drug-likeness (QED) is 0.624. The Bertz CT molecular complexity index is 488. The highest BCUT2D eigenvalue weighted by Gasteiger charge is 2.32. The van der Waals surface area contributed by atoms with E-state index >= 15 is 0 Å². The van der Waals surface area contributed by atoms with Crippen molar-refractivity contribution in [2.24, 2.45) is 11.8 Å². The highest BCUT2D eigenvalue weighted by atomic mass is 19.1. The molecule has 0 radical (unpaired) electrons. The minimum absolute atomic E-state index is 0.0131. The van der Waals surface area contributed by atoms with Crippen molar-refractivity contribution in [1.29, 1.82) is 0 Å². The third-order valence-electron chi connectivity index (χ3n) is 5.69. The number of unbranched alkanes of at least 4 members (excludes halogenated alkanes) is 2. The monoisotopic (exact) mass is 334 g/mol. The van der Waals surface area contributed by atoms with E-state index in [-0.39, 0.29) is 12.1 Å². The fraction of sp³-hybridized carbons (Fsp3) is 0.714. The first-order valence-corrected chi connectivity index (χ1v) is 9.75. The van der Waals surface area contributed by atoms with Crippen LogP contribution in [0.1, 0.15) is 69.8 Å². The van der Waals surface area contributed by atoms with Crippen molar-refractivity contribution in [3.05, 3.63) is 35.6 Å². The van der Waals surface area contributed by atoms with Crippen LogP contribution in [0, 0.1) is 17.7 Å². The van der Waals surface area contributed by atoms with Crippen LogP contribution >= 0.6 is 0 Å². The first-order valence-electron chi connectivity index (χ1n) is 9.75. The molecule has 134 valence electrons. The lowest BCUT2D eigenvalue weighted by molar-refractivity contribution is -0.229. The van der Waals surface area contributed by atoms with Gasteiger partial charge in [-0.05, 0) is 55.7 Å². The summed E-state index contributed by atoms with van der Waals surface area (Å²) in [7, 11) is 0. The Hall–Kier alpha value is -0.930. The molecule has 2 fully saturated rings. The van der Waals surface area contributed by atoms with E-state index in [1.54, 1.807) is 6.07 Å². The van der Waals surface area contributed by atoms with Crippen molar-refractivity contribution in [1.82, 2.24) is 0 Å². The summed E-state index contributed by atoms with van der Waals surface area (Å²) in [5, 5.41) is 0. The topological polar surface area (TPSA) is 18.5 Å². The fourth-order valence-electron chi connectivity index (χ4n) is 4.17. The summed E-state index contributed by atoms with van der Waals surface area (Å²) >= 11 is 0. The van der Waals surface area contributed by atoms with E-state index in [0.29, 0.717) is 17.8 Å². The zero-order valence-corrected chi connectivity index (χ0v) is 14.9. The second kappa shape index (κ2) is 8.96. The van der Waals surface area contributed by atoms with Crippen molar-refractivity contribution in [3.8, 4) is 0 Å². The molecule has 3 heteroatoms. The van der Waals surface area contributed by atoms with Gasteiger partial charge in [-0.2, -0.15) is 0 Å². The maximum Gasteiger partial charge on any atom is 0.160 e. The molecule has 0 spiro atoms. The summed E-state index contributed by atoms with van der Waals surface area (Å²) in [5.74, 6) is 1.45. The molecule has 24 heavy (non-hydrogen) atoms. The van der Waals surface area contributed by atoms with Crippen LogP contribution in [0.2, 0.25) is 0 Å². The van der Waals surface area contributed by atoms with Crippen LogP contribution in [0.3, 0.4) is 0 Å². The molecule has 0 aromatic heterocycles. The normalized spacial score (nSPS) is 31.1. The van der Waals surface area contributed by atoms with Gasteiger partial charge in [-0.1, -0.05) is 38.3 Å². The predicted octanol–water partition coefficient (Wildman–Crippen LogP) is 5.67. The second-order valence-electron chi connectivity index (χ2n) is 7.56. The molecule has 1 saturated carbocycles. The molecule has 2 nitrogen and oxygen atoms in total. The molecule has 1 aliphatic heterocycles. The summed E-state index contributed by atoms with van der Waals surface area (Å²) in [4.78, 5) is 0. The van der Waals surface area contributed by atoms with Gasteiger partial charge in [0.05, 0.1) is 13.2 Å². The Morgan fingerprint density at radius 1 is 1.04 bits per heavy atom. The van der Waals surface area contributed by atoms with Crippen LogP contribution < -0.4 is 0 Å². The molecule has 0 unspecified atom stereocenters. The third-order valence-corrected chi connectivity index (χ3v) is 5.69. The van der Waals surface area contributed by atoms with Gasteiger partial charge in [-0.25, -0.2) is 4.39 Å². The maximum atomic E-state index is 13.4. The van der Waals surface area contributed by atoms with Crippen molar-refractivity contribution < 1.29 is 13.9 Å². The molecule has 1 aliphatic carbocycles. The van der Waals surface area contributed by atoms with E-state index in [2.05, 4.69) is 13.0 Å². The minimum atomic E-state index is -0.123. The molecule has 0 atom stereocenters. The molecule has 1 saturated heterocycles. The highest BCUT2D eigenvalue weighted by molar-refractivity contribution is 5.21. The molecule has 1 heterocycles. The molecule has 3 rings (SSSR count). The van der Waals surface area contributed by atoms with Crippen LogP contribution in [0.15, 0.2) is 24.3 Å². The van der Waals surface area contributed by atoms with Crippen molar-refractivity contribution >= 4 is 0 Å². The lowest BCUT2D eigenvalue weighted by atomic mass is 9.78. The zero-order valence-electron chi connectivity index (χ0n) is 14.9. The van der Waals surface area contributed by atoms with Crippen molar-refractivity contribution in [3.63, 3.8) is 0 Å². The highest BCUT2D eigenvalue weighted by Crippen LogP contribution is 2.39. The van der Waals surface area contributed by atoms with Gasteiger partial charge in [0.25, 0.3) is 0 Å². The third kappa shape index (κ3) is 4.80. The minimum Gasteiger partial charge on any atom is -0.352 e. The number of hydrogen-bond acceptors (Lipinski definition) is 2. The Morgan fingerprint density at radius 3 is 2.46 bits per heavy atom. The van der Waals surface area contributed by atoms with E-state index in [9.17, 15) is 4.39 Å². The molecular formula is C21H31FO2. The number of halogens is 1. The molecular weight excluding hydrogens is 303 g/mol. The predicted molar refractivity (Wildman–Crippen MR) is 94.4 cm³/mol. The van der Waals surface area contributed by atoms with Crippen LogP contribution in [0.25, 0.3) is 0 Å². The van der Waals surface area contributed by atoms with Gasteiger partial charge < -0.3 is 9.47 Å². The Labute approximate surface area is 145 Å². The fourth-order valence-corrected chi connectivity index (χ4v) is 4.17. The lowest BCUT2D eigenvalue weighted by Gasteiger charge is -2.37. The number of ether oxygens (including phenoxy) is 2. The summed E-state index contributed by atoms with van der Waals surface area (Å²) in [5.41, 5.74) is 1.15. The molecule has 2 aliphatic rings. The van der Waals surface area contributed by atoms with Gasteiger partial charge >= 0.3 is 0 Å². The molecule has 1 aromatic carbocycles. The SMILES string of the molecule is CCCCCC1COC(C2CCC(c3cccc(F)c3)CC2)OC1.